The van der Waals surface area contributed by atoms with Gasteiger partial charge in [-0.15, -0.1) is 0 Å². The summed E-state index contributed by atoms with van der Waals surface area (Å²) < 4.78 is 0. The number of hydrogen-bond donors (Lipinski definition) is 1. The SMILES string of the molecule is C/C(C#N)=C(/C)Nc1ccccc1. The van der Waals surface area contributed by atoms with Crippen molar-refractivity contribution in [3.05, 3.63) is 41.6 Å². The molecule has 0 saturated heterocycles. The van der Waals surface area contributed by atoms with E-state index in [-0.39, 0.29) is 0 Å². The summed E-state index contributed by atoms with van der Waals surface area (Å²) in [6, 6.07) is 11.9. The van der Waals surface area contributed by atoms with Crippen LogP contribution < -0.4 is 5.32 Å². The van der Waals surface area contributed by atoms with Crippen LogP contribution in [0.1, 0.15) is 13.8 Å². The third kappa shape index (κ3) is 2.64. The maximum Gasteiger partial charge on any atom is 0.0962 e. The Labute approximate surface area is 78.5 Å². The minimum atomic E-state index is 0.712. The van der Waals surface area contributed by atoms with Crippen LogP contribution in [0.3, 0.4) is 0 Å². The first kappa shape index (κ1) is 9.34. The predicted octanol–water partition coefficient (Wildman–Crippen LogP) is 2.92. The van der Waals surface area contributed by atoms with Crippen molar-refractivity contribution in [2.24, 2.45) is 0 Å². The summed E-state index contributed by atoms with van der Waals surface area (Å²) in [5.41, 5.74) is 2.62. The van der Waals surface area contributed by atoms with Gasteiger partial charge in [-0.1, -0.05) is 18.2 Å². The van der Waals surface area contributed by atoms with Crippen molar-refractivity contribution in [3.63, 3.8) is 0 Å². The van der Waals surface area contributed by atoms with E-state index in [2.05, 4.69) is 11.4 Å². The van der Waals surface area contributed by atoms with Crippen molar-refractivity contribution < 1.29 is 0 Å². The number of benzene rings is 1. The Bertz CT molecular complexity index is 344. The summed E-state index contributed by atoms with van der Waals surface area (Å²) in [6.45, 7) is 3.69. The van der Waals surface area contributed by atoms with Crippen LogP contribution in [0.5, 0.6) is 0 Å². The highest BCUT2D eigenvalue weighted by molar-refractivity contribution is 5.49. The smallest absolute Gasteiger partial charge is 0.0962 e. The molecule has 0 atom stereocenters. The number of anilines is 1. The molecule has 0 aromatic heterocycles. The molecule has 13 heavy (non-hydrogen) atoms. The fourth-order valence-corrected chi connectivity index (χ4v) is 0.916. The highest BCUT2D eigenvalue weighted by Gasteiger charge is 1.95. The van der Waals surface area contributed by atoms with E-state index < -0.39 is 0 Å². The zero-order valence-electron chi connectivity index (χ0n) is 7.83. The van der Waals surface area contributed by atoms with Crippen LogP contribution in [-0.4, -0.2) is 0 Å². The van der Waals surface area contributed by atoms with Crippen molar-refractivity contribution in [3.8, 4) is 6.07 Å². The molecule has 0 aliphatic heterocycles. The standard InChI is InChI=1S/C11H12N2/c1-9(8-12)10(2)13-11-6-4-3-5-7-11/h3-7,13H,1-2H3/b10-9+. The highest BCUT2D eigenvalue weighted by Crippen LogP contribution is 2.10. The number of nitrogens with zero attached hydrogens (tertiary/aromatic N) is 1. The molecule has 0 unspecified atom stereocenters. The van der Waals surface area contributed by atoms with Gasteiger partial charge in [0, 0.05) is 17.0 Å². The zero-order valence-corrected chi connectivity index (χ0v) is 7.83. The van der Waals surface area contributed by atoms with Gasteiger partial charge >= 0.3 is 0 Å². The Morgan fingerprint density at radius 2 is 1.85 bits per heavy atom. The van der Waals surface area contributed by atoms with Gasteiger partial charge in [-0.25, -0.2) is 0 Å². The fraction of sp³-hybridized carbons (Fsp3) is 0.182. The first-order valence-electron chi connectivity index (χ1n) is 4.13. The van der Waals surface area contributed by atoms with Crippen LogP contribution in [0.2, 0.25) is 0 Å². The van der Waals surface area contributed by atoms with E-state index in [1.807, 2.05) is 37.3 Å². The summed E-state index contributed by atoms with van der Waals surface area (Å²) >= 11 is 0. The van der Waals surface area contributed by atoms with E-state index in [9.17, 15) is 0 Å². The molecule has 0 aliphatic rings. The van der Waals surface area contributed by atoms with Gasteiger partial charge in [-0.2, -0.15) is 5.26 Å². The lowest BCUT2D eigenvalue weighted by Crippen LogP contribution is -1.97. The summed E-state index contributed by atoms with van der Waals surface area (Å²) in [6.07, 6.45) is 0. The molecule has 2 heteroatoms. The Kier molecular flexibility index (Phi) is 3.10. The number of hydrogen-bond acceptors (Lipinski definition) is 2. The van der Waals surface area contributed by atoms with E-state index in [1.165, 1.54) is 0 Å². The summed E-state index contributed by atoms with van der Waals surface area (Å²) in [5.74, 6) is 0. The van der Waals surface area contributed by atoms with Crippen molar-refractivity contribution in [2.45, 2.75) is 13.8 Å². The number of para-hydroxylation sites is 1. The number of allylic oxidation sites excluding steroid dienone is 2. The Morgan fingerprint density at radius 1 is 1.23 bits per heavy atom. The quantitative estimate of drug-likeness (QED) is 0.696. The Morgan fingerprint density at radius 3 is 2.38 bits per heavy atom. The van der Waals surface area contributed by atoms with Crippen molar-refractivity contribution in [2.75, 3.05) is 5.32 Å². The molecule has 1 aromatic rings. The minimum absolute atomic E-state index is 0.712. The predicted molar refractivity (Wildman–Crippen MR) is 54.1 cm³/mol. The third-order valence-corrected chi connectivity index (χ3v) is 1.84. The van der Waals surface area contributed by atoms with E-state index in [0.717, 1.165) is 11.4 Å². The first-order valence-corrected chi connectivity index (χ1v) is 4.13. The topological polar surface area (TPSA) is 35.8 Å². The van der Waals surface area contributed by atoms with Crippen LogP contribution in [-0.2, 0) is 0 Å². The Balaban J connectivity index is 2.78. The van der Waals surface area contributed by atoms with Gasteiger partial charge in [0.1, 0.15) is 0 Å². The summed E-state index contributed by atoms with van der Waals surface area (Å²) in [5, 5.41) is 11.8. The van der Waals surface area contributed by atoms with Gasteiger partial charge in [-0.05, 0) is 26.0 Å². The van der Waals surface area contributed by atoms with Crippen molar-refractivity contribution >= 4 is 5.69 Å². The van der Waals surface area contributed by atoms with E-state index in [0.29, 0.717) is 5.57 Å². The van der Waals surface area contributed by atoms with Crippen LogP contribution >= 0.6 is 0 Å². The average Bonchev–Trinajstić information content (AvgIpc) is 2.18. The zero-order chi connectivity index (χ0) is 9.68. The lowest BCUT2D eigenvalue weighted by molar-refractivity contribution is 1.29. The molecule has 0 aliphatic carbocycles. The number of nitrogens with one attached hydrogen (secondary N) is 1. The average molecular weight is 172 g/mol. The molecule has 0 fully saturated rings. The van der Waals surface area contributed by atoms with Gasteiger partial charge in [0.2, 0.25) is 0 Å². The number of nitriles is 1. The maximum atomic E-state index is 8.64. The van der Waals surface area contributed by atoms with Crippen LogP contribution in [0.4, 0.5) is 5.69 Å². The molecular formula is C11H12N2. The summed E-state index contributed by atoms with van der Waals surface area (Å²) in [7, 11) is 0. The summed E-state index contributed by atoms with van der Waals surface area (Å²) in [4.78, 5) is 0. The molecule has 0 heterocycles. The number of rotatable bonds is 2. The monoisotopic (exact) mass is 172 g/mol. The second-order valence-electron chi connectivity index (χ2n) is 2.85. The molecule has 0 saturated carbocycles. The molecule has 0 spiro atoms. The largest absolute Gasteiger partial charge is 0.358 e. The van der Waals surface area contributed by atoms with E-state index in [4.69, 9.17) is 5.26 Å². The normalized spacial score (nSPS) is 11.5. The van der Waals surface area contributed by atoms with Crippen LogP contribution in [0.25, 0.3) is 0 Å². The van der Waals surface area contributed by atoms with Crippen LogP contribution in [0.15, 0.2) is 41.6 Å². The molecule has 66 valence electrons. The molecule has 1 rings (SSSR count). The van der Waals surface area contributed by atoms with Crippen molar-refractivity contribution in [1.29, 1.82) is 5.26 Å². The Hall–Kier alpha value is -1.75. The van der Waals surface area contributed by atoms with Crippen molar-refractivity contribution in [1.82, 2.24) is 0 Å². The first-order chi connectivity index (χ1) is 6.24. The molecule has 1 N–H and O–H groups in total. The second-order valence-corrected chi connectivity index (χ2v) is 2.85. The van der Waals surface area contributed by atoms with Gasteiger partial charge in [-0.3, -0.25) is 0 Å². The van der Waals surface area contributed by atoms with E-state index in [1.54, 1.807) is 6.92 Å². The van der Waals surface area contributed by atoms with Gasteiger partial charge < -0.3 is 5.32 Å². The highest BCUT2D eigenvalue weighted by atomic mass is 14.9. The molecule has 0 radical (unpaired) electrons. The second kappa shape index (κ2) is 4.32. The molecule has 0 amide bonds. The minimum Gasteiger partial charge on any atom is -0.358 e. The third-order valence-electron chi connectivity index (χ3n) is 1.84. The van der Waals surface area contributed by atoms with Gasteiger partial charge in [0.05, 0.1) is 6.07 Å². The van der Waals surface area contributed by atoms with Crippen LogP contribution in [0, 0.1) is 11.3 Å². The molecule has 0 bridgehead atoms. The van der Waals surface area contributed by atoms with E-state index >= 15 is 0 Å². The fourth-order valence-electron chi connectivity index (χ4n) is 0.916. The lowest BCUT2D eigenvalue weighted by atomic mass is 10.2. The molecule has 1 aromatic carbocycles. The molecule has 2 nitrogen and oxygen atoms in total. The maximum absolute atomic E-state index is 8.64. The van der Waals surface area contributed by atoms with Gasteiger partial charge in [0.25, 0.3) is 0 Å². The molecular weight excluding hydrogens is 160 g/mol. The van der Waals surface area contributed by atoms with Gasteiger partial charge in [0.15, 0.2) is 0 Å². The lowest BCUT2D eigenvalue weighted by Gasteiger charge is -2.06.